The van der Waals surface area contributed by atoms with Crippen molar-refractivity contribution in [3.63, 3.8) is 0 Å². The number of ether oxygens (including phenoxy) is 1. The molecule has 3 nitrogen and oxygen atoms in total. The van der Waals surface area contributed by atoms with Crippen LogP contribution in [0.2, 0.25) is 5.15 Å². The van der Waals surface area contributed by atoms with Gasteiger partial charge in [-0.1, -0.05) is 23.7 Å². The Labute approximate surface area is 117 Å². The minimum absolute atomic E-state index is 0.478. The Kier molecular flexibility index (Phi) is 3.15. The fraction of sp³-hybridized carbons (Fsp3) is 0.333. The minimum Gasteiger partial charge on any atom is -0.496 e. The molecule has 1 saturated carbocycles. The molecule has 19 heavy (non-hydrogen) atoms. The van der Waals surface area contributed by atoms with Gasteiger partial charge in [0.1, 0.15) is 16.7 Å². The molecular formula is C15H15ClN2O. The van der Waals surface area contributed by atoms with Crippen molar-refractivity contribution in [2.45, 2.75) is 25.7 Å². The molecule has 98 valence electrons. The molecule has 0 atom stereocenters. The van der Waals surface area contributed by atoms with E-state index < -0.39 is 0 Å². The Morgan fingerprint density at radius 3 is 2.63 bits per heavy atom. The summed E-state index contributed by atoms with van der Waals surface area (Å²) in [6, 6.07) is 7.86. The van der Waals surface area contributed by atoms with Crippen molar-refractivity contribution in [1.82, 2.24) is 9.97 Å². The molecule has 4 heteroatoms. The molecule has 2 aromatic rings. The molecular weight excluding hydrogens is 260 g/mol. The molecule has 0 radical (unpaired) electrons. The number of para-hydroxylation sites is 1. The zero-order valence-electron chi connectivity index (χ0n) is 11.0. The normalized spacial score (nSPS) is 14.5. The van der Waals surface area contributed by atoms with Gasteiger partial charge >= 0.3 is 0 Å². The van der Waals surface area contributed by atoms with Crippen LogP contribution in [-0.2, 0) is 0 Å². The van der Waals surface area contributed by atoms with E-state index in [-0.39, 0.29) is 0 Å². The van der Waals surface area contributed by atoms with Gasteiger partial charge in [-0.05, 0) is 31.9 Å². The number of rotatable bonds is 3. The molecule has 1 fully saturated rings. The first-order valence-electron chi connectivity index (χ1n) is 6.38. The molecule has 1 aromatic heterocycles. The van der Waals surface area contributed by atoms with Gasteiger partial charge in [-0.2, -0.15) is 0 Å². The summed E-state index contributed by atoms with van der Waals surface area (Å²) in [7, 11) is 1.67. The van der Waals surface area contributed by atoms with Gasteiger partial charge in [-0.3, -0.25) is 0 Å². The lowest BCUT2D eigenvalue weighted by atomic mass is 10.1. The summed E-state index contributed by atoms with van der Waals surface area (Å²) < 4.78 is 5.41. The summed E-state index contributed by atoms with van der Waals surface area (Å²) in [4.78, 5) is 9.09. The van der Waals surface area contributed by atoms with E-state index in [1.165, 1.54) is 0 Å². The van der Waals surface area contributed by atoms with E-state index in [1.807, 2.05) is 31.2 Å². The summed E-state index contributed by atoms with van der Waals surface area (Å²) >= 11 is 6.24. The maximum Gasteiger partial charge on any atom is 0.136 e. The maximum absolute atomic E-state index is 6.24. The van der Waals surface area contributed by atoms with Crippen molar-refractivity contribution in [3.05, 3.63) is 40.8 Å². The number of methoxy groups -OCH3 is 1. The Morgan fingerprint density at radius 2 is 1.95 bits per heavy atom. The van der Waals surface area contributed by atoms with Crippen LogP contribution in [0.1, 0.15) is 30.1 Å². The molecule has 0 aliphatic heterocycles. The third-order valence-corrected chi connectivity index (χ3v) is 3.78. The molecule has 3 rings (SSSR count). The Hall–Kier alpha value is -1.61. The molecule has 1 aromatic carbocycles. The van der Waals surface area contributed by atoms with Gasteiger partial charge in [0.2, 0.25) is 0 Å². The van der Waals surface area contributed by atoms with E-state index in [0.717, 1.165) is 41.2 Å². The Balaban J connectivity index is 2.17. The third kappa shape index (κ3) is 2.30. The van der Waals surface area contributed by atoms with Gasteiger partial charge in [0, 0.05) is 17.0 Å². The van der Waals surface area contributed by atoms with Gasteiger partial charge < -0.3 is 4.74 Å². The molecule has 1 aliphatic carbocycles. The lowest BCUT2D eigenvalue weighted by molar-refractivity contribution is 0.416. The van der Waals surface area contributed by atoms with E-state index in [0.29, 0.717) is 11.1 Å². The smallest absolute Gasteiger partial charge is 0.136 e. The van der Waals surface area contributed by atoms with Gasteiger partial charge in [0.25, 0.3) is 0 Å². The first-order valence-corrected chi connectivity index (χ1v) is 6.76. The molecule has 1 heterocycles. The van der Waals surface area contributed by atoms with E-state index in [2.05, 4.69) is 4.98 Å². The van der Waals surface area contributed by atoms with Crippen LogP contribution in [0, 0.1) is 6.92 Å². The lowest BCUT2D eigenvalue weighted by Gasteiger charge is -2.12. The van der Waals surface area contributed by atoms with Crippen LogP contribution >= 0.6 is 11.6 Å². The number of benzene rings is 1. The average molecular weight is 275 g/mol. The number of halogens is 1. The van der Waals surface area contributed by atoms with Crippen LogP contribution in [-0.4, -0.2) is 17.1 Å². The fourth-order valence-electron chi connectivity index (χ4n) is 2.13. The largest absolute Gasteiger partial charge is 0.496 e. The van der Waals surface area contributed by atoms with Crippen LogP contribution in [0.5, 0.6) is 5.75 Å². The van der Waals surface area contributed by atoms with Crippen LogP contribution in [0.15, 0.2) is 24.3 Å². The predicted molar refractivity (Wildman–Crippen MR) is 75.7 cm³/mol. The van der Waals surface area contributed by atoms with Gasteiger partial charge in [0.05, 0.1) is 12.8 Å². The third-order valence-electron chi connectivity index (χ3n) is 3.41. The highest BCUT2D eigenvalue weighted by molar-refractivity contribution is 6.30. The minimum atomic E-state index is 0.478. The van der Waals surface area contributed by atoms with Crippen molar-refractivity contribution in [2.75, 3.05) is 7.11 Å². The second-order valence-electron chi connectivity index (χ2n) is 4.82. The first kappa shape index (κ1) is 12.4. The van der Waals surface area contributed by atoms with Crippen LogP contribution < -0.4 is 4.74 Å². The summed E-state index contributed by atoms with van der Waals surface area (Å²) in [5.74, 6) is 2.14. The van der Waals surface area contributed by atoms with Crippen molar-refractivity contribution in [1.29, 1.82) is 0 Å². The number of hydrogen-bond donors (Lipinski definition) is 0. The number of hydrogen-bond acceptors (Lipinski definition) is 3. The van der Waals surface area contributed by atoms with Crippen LogP contribution in [0.25, 0.3) is 11.3 Å². The maximum atomic E-state index is 6.24. The first-order chi connectivity index (χ1) is 9.20. The van der Waals surface area contributed by atoms with Gasteiger partial charge in [-0.15, -0.1) is 0 Å². The predicted octanol–water partition coefficient (Wildman–Crippen LogP) is 3.99. The molecule has 0 bridgehead atoms. The summed E-state index contributed by atoms with van der Waals surface area (Å²) in [5.41, 5.74) is 2.74. The zero-order valence-corrected chi connectivity index (χ0v) is 11.7. The molecule has 1 aliphatic rings. The quantitative estimate of drug-likeness (QED) is 0.794. The molecule has 0 N–H and O–H groups in total. The summed E-state index contributed by atoms with van der Waals surface area (Å²) in [6.07, 6.45) is 2.31. The molecule has 0 spiro atoms. The van der Waals surface area contributed by atoms with Crippen LogP contribution in [0.4, 0.5) is 0 Å². The standard InChI is InChI=1S/C15H15ClN2O/c1-9-13(11-5-3-4-6-12(11)19-2)17-15(10-7-8-10)18-14(9)16/h3-6,10H,7-8H2,1-2H3. The van der Waals surface area contributed by atoms with E-state index in [1.54, 1.807) is 7.11 Å². The molecule has 0 amide bonds. The molecule has 0 unspecified atom stereocenters. The zero-order chi connectivity index (χ0) is 13.4. The Morgan fingerprint density at radius 1 is 1.21 bits per heavy atom. The SMILES string of the molecule is COc1ccccc1-c1nc(C2CC2)nc(Cl)c1C. The van der Waals surface area contributed by atoms with Crippen molar-refractivity contribution in [2.24, 2.45) is 0 Å². The highest BCUT2D eigenvalue weighted by Gasteiger charge is 2.28. The monoisotopic (exact) mass is 274 g/mol. The van der Waals surface area contributed by atoms with E-state index in [9.17, 15) is 0 Å². The van der Waals surface area contributed by atoms with Gasteiger partial charge in [0.15, 0.2) is 0 Å². The molecule has 0 saturated heterocycles. The van der Waals surface area contributed by atoms with Crippen molar-refractivity contribution >= 4 is 11.6 Å². The fourth-order valence-corrected chi connectivity index (χ4v) is 2.31. The topological polar surface area (TPSA) is 35.0 Å². The van der Waals surface area contributed by atoms with E-state index >= 15 is 0 Å². The number of nitrogens with zero attached hydrogens (tertiary/aromatic N) is 2. The van der Waals surface area contributed by atoms with E-state index in [4.69, 9.17) is 21.3 Å². The highest BCUT2D eigenvalue weighted by atomic mass is 35.5. The second kappa shape index (κ2) is 4.82. The van der Waals surface area contributed by atoms with Crippen molar-refractivity contribution < 1.29 is 4.74 Å². The summed E-state index contributed by atoms with van der Waals surface area (Å²) in [5, 5.41) is 0.540. The summed E-state index contributed by atoms with van der Waals surface area (Å²) in [6.45, 7) is 1.95. The average Bonchev–Trinajstić information content (AvgIpc) is 3.26. The van der Waals surface area contributed by atoms with Crippen molar-refractivity contribution in [3.8, 4) is 17.0 Å². The van der Waals surface area contributed by atoms with Crippen LogP contribution in [0.3, 0.4) is 0 Å². The highest BCUT2D eigenvalue weighted by Crippen LogP contribution is 2.41. The Bertz CT molecular complexity index is 624. The second-order valence-corrected chi connectivity index (χ2v) is 5.18. The van der Waals surface area contributed by atoms with Gasteiger partial charge in [-0.25, -0.2) is 9.97 Å². The number of aromatic nitrogens is 2. The lowest BCUT2D eigenvalue weighted by Crippen LogP contribution is -2.00.